The molecule has 1 aliphatic carbocycles. The molecular formula is C16H24N4. The molecule has 1 saturated carbocycles. The van der Waals surface area contributed by atoms with Crippen LogP contribution < -0.4 is 5.73 Å². The maximum absolute atomic E-state index is 6.12. The SMILES string of the molecule is CCn1c(CC2(CN)CCCCC2)nc2cnccc21. The number of hydrogen-bond donors (Lipinski definition) is 1. The minimum absolute atomic E-state index is 0.264. The quantitative estimate of drug-likeness (QED) is 0.931. The second kappa shape index (κ2) is 5.52. The predicted octanol–water partition coefficient (Wildman–Crippen LogP) is 2.90. The van der Waals surface area contributed by atoms with Crippen molar-refractivity contribution < 1.29 is 0 Å². The van der Waals surface area contributed by atoms with Gasteiger partial charge >= 0.3 is 0 Å². The molecule has 0 aliphatic heterocycles. The summed E-state index contributed by atoms with van der Waals surface area (Å²) in [4.78, 5) is 9.00. The van der Waals surface area contributed by atoms with Gasteiger partial charge in [-0.15, -0.1) is 0 Å². The molecule has 1 aliphatic rings. The van der Waals surface area contributed by atoms with Crippen LogP contribution in [0, 0.1) is 5.41 Å². The van der Waals surface area contributed by atoms with Crippen LogP contribution in [0.1, 0.15) is 44.9 Å². The number of aromatic nitrogens is 3. The molecule has 2 N–H and O–H groups in total. The molecule has 0 spiro atoms. The summed E-state index contributed by atoms with van der Waals surface area (Å²) in [6, 6.07) is 2.06. The number of nitrogens with two attached hydrogens (primary N) is 1. The zero-order valence-electron chi connectivity index (χ0n) is 12.3. The van der Waals surface area contributed by atoms with Gasteiger partial charge in [0.15, 0.2) is 0 Å². The van der Waals surface area contributed by atoms with E-state index in [0.717, 1.165) is 25.0 Å². The lowest BCUT2D eigenvalue weighted by Gasteiger charge is -2.36. The van der Waals surface area contributed by atoms with Crippen molar-refractivity contribution in [3.05, 3.63) is 24.3 Å². The molecule has 3 rings (SSSR count). The van der Waals surface area contributed by atoms with Crippen molar-refractivity contribution >= 4 is 11.0 Å². The Morgan fingerprint density at radius 3 is 2.80 bits per heavy atom. The van der Waals surface area contributed by atoms with Crippen molar-refractivity contribution in [1.29, 1.82) is 0 Å². The maximum Gasteiger partial charge on any atom is 0.110 e. The number of pyridine rings is 1. The Morgan fingerprint density at radius 2 is 2.10 bits per heavy atom. The average molecular weight is 272 g/mol. The molecule has 4 heteroatoms. The van der Waals surface area contributed by atoms with Crippen LogP contribution >= 0.6 is 0 Å². The van der Waals surface area contributed by atoms with Gasteiger partial charge in [-0.2, -0.15) is 0 Å². The maximum atomic E-state index is 6.12. The number of fused-ring (bicyclic) bond motifs is 1. The second-order valence-corrected chi connectivity index (χ2v) is 6.08. The fourth-order valence-electron chi connectivity index (χ4n) is 3.61. The van der Waals surface area contributed by atoms with Gasteiger partial charge in [-0.1, -0.05) is 19.3 Å². The third-order valence-electron chi connectivity index (χ3n) is 4.83. The molecule has 0 atom stereocenters. The predicted molar refractivity (Wildman–Crippen MR) is 81.5 cm³/mol. The van der Waals surface area contributed by atoms with Crippen LogP contribution in [-0.2, 0) is 13.0 Å². The van der Waals surface area contributed by atoms with E-state index in [4.69, 9.17) is 10.7 Å². The minimum atomic E-state index is 0.264. The van der Waals surface area contributed by atoms with Gasteiger partial charge in [0, 0.05) is 19.2 Å². The highest BCUT2D eigenvalue weighted by molar-refractivity contribution is 5.74. The monoisotopic (exact) mass is 272 g/mol. The zero-order valence-corrected chi connectivity index (χ0v) is 12.3. The smallest absolute Gasteiger partial charge is 0.110 e. The molecule has 4 nitrogen and oxygen atoms in total. The van der Waals surface area contributed by atoms with E-state index in [9.17, 15) is 0 Å². The topological polar surface area (TPSA) is 56.7 Å². The molecule has 20 heavy (non-hydrogen) atoms. The molecule has 2 aromatic rings. The number of hydrogen-bond acceptors (Lipinski definition) is 3. The summed E-state index contributed by atoms with van der Waals surface area (Å²) in [5.41, 5.74) is 8.59. The Morgan fingerprint density at radius 1 is 1.30 bits per heavy atom. The van der Waals surface area contributed by atoms with Gasteiger partial charge in [0.25, 0.3) is 0 Å². The van der Waals surface area contributed by atoms with E-state index in [0.29, 0.717) is 0 Å². The fourth-order valence-corrected chi connectivity index (χ4v) is 3.61. The van der Waals surface area contributed by atoms with E-state index in [1.54, 1.807) is 0 Å². The summed E-state index contributed by atoms with van der Waals surface area (Å²) in [5, 5.41) is 0. The summed E-state index contributed by atoms with van der Waals surface area (Å²) >= 11 is 0. The first-order chi connectivity index (χ1) is 9.78. The van der Waals surface area contributed by atoms with Crippen molar-refractivity contribution in [1.82, 2.24) is 14.5 Å². The van der Waals surface area contributed by atoms with E-state index in [2.05, 4.69) is 22.5 Å². The lowest BCUT2D eigenvalue weighted by atomic mass is 9.71. The first kappa shape index (κ1) is 13.6. The summed E-state index contributed by atoms with van der Waals surface area (Å²) in [5.74, 6) is 1.18. The van der Waals surface area contributed by atoms with Crippen LogP contribution in [0.3, 0.4) is 0 Å². The Labute approximate surface area is 120 Å². The first-order valence-electron chi connectivity index (χ1n) is 7.77. The fraction of sp³-hybridized carbons (Fsp3) is 0.625. The number of nitrogens with zero attached hydrogens (tertiary/aromatic N) is 3. The van der Waals surface area contributed by atoms with Crippen molar-refractivity contribution in [3.63, 3.8) is 0 Å². The number of imidazole rings is 1. The van der Waals surface area contributed by atoms with Gasteiger partial charge in [-0.25, -0.2) is 4.98 Å². The molecule has 0 radical (unpaired) electrons. The van der Waals surface area contributed by atoms with Crippen LogP contribution in [0.5, 0.6) is 0 Å². The van der Waals surface area contributed by atoms with Crippen LogP contribution in [0.15, 0.2) is 18.5 Å². The normalized spacial score (nSPS) is 18.5. The third-order valence-corrected chi connectivity index (χ3v) is 4.83. The summed E-state index contributed by atoms with van der Waals surface area (Å²) < 4.78 is 2.32. The van der Waals surface area contributed by atoms with Gasteiger partial charge in [0.1, 0.15) is 11.3 Å². The third kappa shape index (κ3) is 2.33. The van der Waals surface area contributed by atoms with Gasteiger partial charge < -0.3 is 10.3 Å². The Bertz CT molecular complexity index is 581. The van der Waals surface area contributed by atoms with Crippen LogP contribution in [0.4, 0.5) is 0 Å². The van der Waals surface area contributed by atoms with E-state index < -0.39 is 0 Å². The van der Waals surface area contributed by atoms with Gasteiger partial charge in [0.2, 0.25) is 0 Å². The molecule has 0 saturated heterocycles. The number of aryl methyl sites for hydroxylation is 1. The van der Waals surface area contributed by atoms with Gasteiger partial charge in [-0.3, -0.25) is 4.98 Å². The molecule has 0 unspecified atom stereocenters. The largest absolute Gasteiger partial charge is 0.330 e. The molecule has 1 fully saturated rings. The lowest BCUT2D eigenvalue weighted by molar-refractivity contribution is 0.192. The molecule has 0 bridgehead atoms. The first-order valence-corrected chi connectivity index (χ1v) is 7.77. The summed E-state index contributed by atoms with van der Waals surface area (Å²) in [6.07, 6.45) is 11.2. The molecule has 108 valence electrons. The van der Waals surface area contributed by atoms with Crippen molar-refractivity contribution in [2.24, 2.45) is 11.1 Å². The summed E-state index contributed by atoms with van der Waals surface area (Å²) in [7, 11) is 0. The zero-order chi connectivity index (χ0) is 14.0. The van der Waals surface area contributed by atoms with Crippen molar-refractivity contribution in [2.45, 2.75) is 52.0 Å². The van der Waals surface area contributed by atoms with Crippen molar-refractivity contribution in [3.8, 4) is 0 Å². The van der Waals surface area contributed by atoms with Crippen LogP contribution in [0.2, 0.25) is 0 Å². The highest BCUT2D eigenvalue weighted by Crippen LogP contribution is 2.38. The molecule has 2 heterocycles. The highest BCUT2D eigenvalue weighted by Gasteiger charge is 2.32. The molecule has 0 amide bonds. The average Bonchev–Trinajstić information content (AvgIpc) is 2.85. The van der Waals surface area contributed by atoms with Crippen molar-refractivity contribution in [2.75, 3.05) is 6.54 Å². The van der Waals surface area contributed by atoms with E-state index in [-0.39, 0.29) is 5.41 Å². The van der Waals surface area contributed by atoms with Gasteiger partial charge in [-0.05, 0) is 37.8 Å². The van der Waals surface area contributed by atoms with E-state index >= 15 is 0 Å². The molecule has 0 aromatic carbocycles. The Hall–Kier alpha value is -1.42. The second-order valence-electron chi connectivity index (χ2n) is 6.08. The number of rotatable bonds is 4. The van der Waals surface area contributed by atoms with Crippen LogP contribution in [-0.4, -0.2) is 21.1 Å². The Balaban J connectivity index is 1.97. The highest BCUT2D eigenvalue weighted by atomic mass is 15.1. The standard InChI is InChI=1S/C16H24N4/c1-2-20-14-6-9-18-11-13(14)19-15(20)10-16(12-17)7-4-3-5-8-16/h6,9,11H,2-5,7-8,10,12,17H2,1H3. The van der Waals surface area contributed by atoms with Crippen LogP contribution in [0.25, 0.3) is 11.0 Å². The minimum Gasteiger partial charge on any atom is -0.330 e. The molecular weight excluding hydrogens is 248 g/mol. The lowest BCUT2D eigenvalue weighted by Crippen LogP contribution is -2.35. The molecule has 2 aromatic heterocycles. The Kier molecular flexibility index (Phi) is 3.74. The van der Waals surface area contributed by atoms with Gasteiger partial charge in [0.05, 0.1) is 11.7 Å². The summed E-state index contributed by atoms with van der Waals surface area (Å²) in [6.45, 7) is 3.91. The van der Waals surface area contributed by atoms with E-state index in [1.165, 1.54) is 43.4 Å². The van der Waals surface area contributed by atoms with E-state index in [1.807, 2.05) is 12.4 Å².